The second kappa shape index (κ2) is 6.58. The summed E-state index contributed by atoms with van der Waals surface area (Å²) in [5.74, 6) is -2.62. The molecule has 1 aromatic carbocycles. The fraction of sp³-hybridized carbons (Fsp3) is 0.273. The Kier molecular flexibility index (Phi) is 5.08. The van der Waals surface area contributed by atoms with E-state index in [4.69, 9.17) is 5.11 Å². The van der Waals surface area contributed by atoms with Crippen molar-refractivity contribution in [3.8, 4) is 0 Å². The van der Waals surface area contributed by atoms with Gasteiger partial charge < -0.3 is 15.5 Å². The highest BCUT2D eigenvalue weighted by Gasteiger charge is 2.27. The summed E-state index contributed by atoms with van der Waals surface area (Å²) in [5, 5.41) is 41.4. The predicted molar refractivity (Wildman–Crippen MR) is 70.3 cm³/mol. The molecule has 0 aliphatic carbocycles. The molecule has 1 amide bonds. The van der Waals surface area contributed by atoms with Crippen molar-refractivity contribution in [3.63, 3.8) is 0 Å². The number of hydrogen-bond acceptors (Lipinski definition) is 7. The second-order valence-electron chi connectivity index (χ2n) is 4.28. The van der Waals surface area contributed by atoms with Crippen LogP contribution < -0.4 is 5.32 Å². The van der Waals surface area contributed by atoms with Gasteiger partial charge in [0.1, 0.15) is 0 Å². The van der Waals surface area contributed by atoms with Gasteiger partial charge in [-0.2, -0.15) is 0 Å². The van der Waals surface area contributed by atoms with Crippen molar-refractivity contribution in [2.75, 3.05) is 0 Å². The van der Waals surface area contributed by atoms with Gasteiger partial charge in [-0.3, -0.25) is 25.0 Å². The number of aliphatic hydroxyl groups excluding tert-OH is 1. The minimum atomic E-state index is -1.66. The Hall–Kier alpha value is -3.08. The maximum Gasteiger partial charge on any atom is 0.328 e. The number of carboxylic acid groups (broad SMARTS) is 1. The molecule has 0 radical (unpaired) electrons. The van der Waals surface area contributed by atoms with Gasteiger partial charge in [-0.05, 0) is 6.92 Å². The first kappa shape index (κ1) is 17.0. The SMILES string of the molecule is C[C@H](O)[C@@H](NC(=O)c1cc([N+](=O)[O-])cc([N+](=O)[O-])c1)C(=O)O. The lowest BCUT2D eigenvalue weighted by Gasteiger charge is -2.16. The van der Waals surface area contributed by atoms with E-state index in [2.05, 4.69) is 0 Å². The highest BCUT2D eigenvalue weighted by molar-refractivity contribution is 5.97. The third-order valence-electron chi connectivity index (χ3n) is 2.62. The van der Waals surface area contributed by atoms with Crippen LogP contribution in [0.5, 0.6) is 0 Å². The lowest BCUT2D eigenvalue weighted by atomic mass is 10.1. The van der Waals surface area contributed by atoms with Crippen molar-refractivity contribution in [2.24, 2.45) is 0 Å². The molecule has 11 heteroatoms. The molecule has 118 valence electrons. The zero-order chi connectivity index (χ0) is 17.0. The first-order valence-corrected chi connectivity index (χ1v) is 5.79. The lowest BCUT2D eigenvalue weighted by Crippen LogP contribution is -2.47. The average molecular weight is 313 g/mol. The molecule has 3 N–H and O–H groups in total. The molecule has 2 atom stereocenters. The number of nitrogens with zero attached hydrogens (tertiary/aromatic N) is 2. The van der Waals surface area contributed by atoms with Crippen LogP contribution in [0.1, 0.15) is 17.3 Å². The zero-order valence-corrected chi connectivity index (χ0v) is 11.1. The van der Waals surface area contributed by atoms with Gasteiger partial charge in [0.05, 0.1) is 27.6 Å². The minimum Gasteiger partial charge on any atom is -0.480 e. The Labute approximate surface area is 122 Å². The van der Waals surface area contributed by atoms with Gasteiger partial charge in [-0.1, -0.05) is 0 Å². The molecule has 0 saturated heterocycles. The van der Waals surface area contributed by atoms with Crippen LogP contribution in [0.15, 0.2) is 18.2 Å². The van der Waals surface area contributed by atoms with Crippen LogP contribution in [0.4, 0.5) is 11.4 Å². The predicted octanol–water partition coefficient (Wildman–Crippen LogP) is 0.0668. The first-order chi connectivity index (χ1) is 10.1. The molecule has 0 aliphatic rings. The summed E-state index contributed by atoms with van der Waals surface area (Å²) >= 11 is 0. The number of hydrogen-bond donors (Lipinski definition) is 3. The van der Waals surface area contributed by atoms with Crippen molar-refractivity contribution in [1.29, 1.82) is 0 Å². The standard InChI is InChI=1S/C11H11N3O8/c1-5(15)9(11(17)18)12-10(16)6-2-7(13(19)20)4-8(3-6)14(21)22/h2-5,9,15H,1H3,(H,12,16)(H,17,18)/t5-,9+/m0/s1. The Bertz CT molecular complexity index is 610. The summed E-state index contributed by atoms with van der Waals surface area (Å²) in [4.78, 5) is 42.3. The number of benzene rings is 1. The number of aliphatic hydroxyl groups is 1. The van der Waals surface area contributed by atoms with Crippen LogP contribution in [-0.4, -0.2) is 44.1 Å². The largest absolute Gasteiger partial charge is 0.480 e. The van der Waals surface area contributed by atoms with E-state index in [-0.39, 0.29) is 0 Å². The lowest BCUT2D eigenvalue weighted by molar-refractivity contribution is -0.394. The Morgan fingerprint density at radius 3 is 1.91 bits per heavy atom. The molecule has 22 heavy (non-hydrogen) atoms. The summed E-state index contributed by atoms with van der Waals surface area (Å²) in [6, 6.07) is 0.540. The van der Waals surface area contributed by atoms with Gasteiger partial charge in [0.25, 0.3) is 17.3 Å². The van der Waals surface area contributed by atoms with Crippen molar-refractivity contribution < 1.29 is 29.6 Å². The van der Waals surface area contributed by atoms with E-state index in [9.17, 15) is 34.9 Å². The highest BCUT2D eigenvalue weighted by Crippen LogP contribution is 2.22. The zero-order valence-electron chi connectivity index (χ0n) is 11.1. The van der Waals surface area contributed by atoms with Crippen LogP contribution in [0.2, 0.25) is 0 Å². The molecule has 0 heterocycles. The first-order valence-electron chi connectivity index (χ1n) is 5.79. The number of amides is 1. The molecule has 0 saturated carbocycles. The monoisotopic (exact) mass is 313 g/mol. The Morgan fingerprint density at radius 2 is 1.59 bits per heavy atom. The molecule has 0 fully saturated rings. The normalized spacial score (nSPS) is 13.0. The maximum absolute atomic E-state index is 11.9. The van der Waals surface area contributed by atoms with Gasteiger partial charge in [-0.15, -0.1) is 0 Å². The Balaban J connectivity index is 3.19. The molecular formula is C11H11N3O8. The van der Waals surface area contributed by atoms with Gasteiger partial charge in [0.15, 0.2) is 6.04 Å². The number of rotatable bonds is 6. The van der Waals surface area contributed by atoms with E-state index in [0.29, 0.717) is 6.07 Å². The van der Waals surface area contributed by atoms with Crippen LogP contribution in [0.3, 0.4) is 0 Å². The van der Waals surface area contributed by atoms with Gasteiger partial charge in [0, 0.05) is 12.1 Å². The van der Waals surface area contributed by atoms with E-state index in [1.165, 1.54) is 0 Å². The van der Waals surface area contributed by atoms with Crippen molar-refractivity contribution in [2.45, 2.75) is 19.1 Å². The van der Waals surface area contributed by atoms with Gasteiger partial charge in [-0.25, -0.2) is 4.79 Å². The third kappa shape index (κ3) is 3.96. The number of nitro groups is 2. The molecule has 0 spiro atoms. The number of nitro benzene ring substituents is 2. The van der Waals surface area contributed by atoms with Crippen molar-refractivity contribution in [1.82, 2.24) is 5.32 Å². The molecule has 0 aromatic heterocycles. The molecule has 0 aliphatic heterocycles. The van der Waals surface area contributed by atoms with Crippen LogP contribution >= 0.6 is 0 Å². The molecule has 1 rings (SSSR count). The second-order valence-corrected chi connectivity index (χ2v) is 4.28. The Morgan fingerprint density at radius 1 is 1.14 bits per heavy atom. The van der Waals surface area contributed by atoms with Gasteiger partial charge >= 0.3 is 5.97 Å². The average Bonchev–Trinajstić information content (AvgIpc) is 2.42. The summed E-state index contributed by atoms with van der Waals surface area (Å²) in [7, 11) is 0. The highest BCUT2D eigenvalue weighted by atomic mass is 16.6. The fourth-order valence-electron chi connectivity index (χ4n) is 1.55. The van der Waals surface area contributed by atoms with E-state index >= 15 is 0 Å². The number of nitrogens with one attached hydrogen (secondary N) is 1. The molecule has 1 aromatic rings. The number of carboxylic acids is 1. The van der Waals surface area contributed by atoms with E-state index in [1.54, 1.807) is 0 Å². The number of carbonyl (C=O) groups excluding carboxylic acids is 1. The van der Waals surface area contributed by atoms with E-state index in [1.807, 2.05) is 5.32 Å². The molecule has 0 unspecified atom stereocenters. The quantitative estimate of drug-likeness (QED) is 0.488. The van der Waals surface area contributed by atoms with E-state index < -0.39 is 50.8 Å². The molecule has 0 bridgehead atoms. The van der Waals surface area contributed by atoms with Crippen LogP contribution in [-0.2, 0) is 4.79 Å². The summed E-state index contributed by atoms with van der Waals surface area (Å²) in [6.45, 7) is 1.12. The smallest absolute Gasteiger partial charge is 0.328 e. The topological polar surface area (TPSA) is 173 Å². The number of carbonyl (C=O) groups is 2. The van der Waals surface area contributed by atoms with Crippen molar-refractivity contribution >= 4 is 23.3 Å². The fourth-order valence-corrected chi connectivity index (χ4v) is 1.55. The van der Waals surface area contributed by atoms with E-state index in [0.717, 1.165) is 19.1 Å². The van der Waals surface area contributed by atoms with Crippen LogP contribution in [0.25, 0.3) is 0 Å². The number of aliphatic carboxylic acids is 1. The van der Waals surface area contributed by atoms with Crippen molar-refractivity contribution in [3.05, 3.63) is 44.0 Å². The summed E-state index contributed by atoms with van der Waals surface area (Å²) < 4.78 is 0. The maximum atomic E-state index is 11.9. The van der Waals surface area contributed by atoms with Crippen LogP contribution in [0, 0.1) is 20.2 Å². The minimum absolute atomic E-state index is 0.465. The van der Waals surface area contributed by atoms with Gasteiger partial charge in [0.2, 0.25) is 0 Å². The summed E-state index contributed by atoms with van der Waals surface area (Å²) in [5.41, 5.74) is -1.85. The molecular weight excluding hydrogens is 302 g/mol. The number of non-ortho nitro benzene ring substituents is 2. The molecule has 11 nitrogen and oxygen atoms in total. The summed E-state index contributed by atoms with van der Waals surface area (Å²) in [6.07, 6.45) is -1.44. The third-order valence-corrected chi connectivity index (χ3v) is 2.62.